The summed E-state index contributed by atoms with van der Waals surface area (Å²) in [6, 6.07) is 6.93. The first-order valence-corrected chi connectivity index (χ1v) is 8.65. The number of methoxy groups -OCH3 is 1. The highest BCUT2D eigenvalue weighted by Gasteiger charge is 2.38. The first-order chi connectivity index (χ1) is 10.6. The minimum absolute atomic E-state index is 0.246. The molecule has 0 radical (unpaired) electrons. The Labute approximate surface area is 135 Å². The maximum Gasteiger partial charge on any atom is 0.165 e. The van der Waals surface area contributed by atoms with Crippen LogP contribution in [0, 0.1) is 6.92 Å². The van der Waals surface area contributed by atoms with E-state index in [4.69, 9.17) is 4.74 Å². The van der Waals surface area contributed by atoms with E-state index in [9.17, 15) is 5.11 Å². The Hall–Kier alpha value is -1.52. The van der Waals surface area contributed by atoms with Gasteiger partial charge in [0.2, 0.25) is 0 Å². The van der Waals surface area contributed by atoms with Gasteiger partial charge < -0.3 is 9.84 Å². The molecule has 0 fully saturated rings. The van der Waals surface area contributed by atoms with Crippen molar-refractivity contribution in [2.24, 2.45) is 0 Å². The molecule has 0 saturated heterocycles. The topological polar surface area (TPSA) is 32.7 Å². The fourth-order valence-corrected chi connectivity index (χ4v) is 5.25. The Morgan fingerprint density at radius 3 is 2.95 bits per heavy atom. The van der Waals surface area contributed by atoms with E-state index < -0.39 is 0 Å². The van der Waals surface area contributed by atoms with Crippen LogP contribution in [0.4, 0.5) is 0 Å². The molecular formula is C18H21NO2S. The molecule has 116 valence electrons. The molecular weight excluding hydrogens is 294 g/mol. The van der Waals surface area contributed by atoms with Crippen molar-refractivity contribution in [1.82, 2.24) is 4.90 Å². The molecule has 0 saturated carbocycles. The molecule has 4 rings (SSSR count). The molecule has 22 heavy (non-hydrogen) atoms. The smallest absolute Gasteiger partial charge is 0.165 e. The standard InChI is InChI=1S/C18H21NO2S/c1-10-8-13-14-9-12-4-5-15(20)18(21-3)17(12)11(2)19(14)7-6-16(13)22-10/h4-5,8,11,14,20H,6-7,9H2,1-3H3. The molecule has 4 heteroatoms. The number of benzene rings is 1. The van der Waals surface area contributed by atoms with Crippen LogP contribution in [0.5, 0.6) is 11.5 Å². The third-order valence-corrected chi connectivity index (χ3v) is 6.25. The van der Waals surface area contributed by atoms with Crippen molar-refractivity contribution in [1.29, 1.82) is 0 Å². The van der Waals surface area contributed by atoms with Crippen LogP contribution in [0.25, 0.3) is 0 Å². The highest BCUT2D eigenvalue weighted by Crippen LogP contribution is 2.49. The number of hydrogen-bond acceptors (Lipinski definition) is 4. The van der Waals surface area contributed by atoms with Crippen molar-refractivity contribution in [3.8, 4) is 11.5 Å². The number of fused-ring (bicyclic) bond motifs is 4. The van der Waals surface area contributed by atoms with E-state index in [2.05, 4.69) is 30.9 Å². The molecule has 3 heterocycles. The fourth-order valence-electron chi connectivity index (χ4n) is 4.17. The lowest BCUT2D eigenvalue weighted by Crippen LogP contribution is -2.41. The summed E-state index contributed by atoms with van der Waals surface area (Å²) in [5.41, 5.74) is 3.98. The number of phenols is 1. The second-order valence-electron chi connectivity index (χ2n) is 6.31. The van der Waals surface area contributed by atoms with Crippen molar-refractivity contribution >= 4 is 11.3 Å². The zero-order valence-corrected chi connectivity index (χ0v) is 14.0. The van der Waals surface area contributed by atoms with Gasteiger partial charge in [0.1, 0.15) is 0 Å². The summed E-state index contributed by atoms with van der Waals surface area (Å²) in [4.78, 5) is 5.53. The summed E-state index contributed by atoms with van der Waals surface area (Å²) in [6.07, 6.45) is 2.13. The van der Waals surface area contributed by atoms with Gasteiger partial charge in [0.15, 0.2) is 11.5 Å². The number of aromatic hydroxyl groups is 1. The molecule has 0 bridgehead atoms. The van der Waals surface area contributed by atoms with Gasteiger partial charge in [-0.1, -0.05) is 6.07 Å². The second-order valence-corrected chi connectivity index (χ2v) is 7.65. The van der Waals surface area contributed by atoms with Crippen LogP contribution in [-0.4, -0.2) is 23.7 Å². The third kappa shape index (κ3) is 1.90. The molecule has 0 aliphatic carbocycles. The second kappa shape index (κ2) is 5.00. The summed E-state index contributed by atoms with van der Waals surface area (Å²) in [6.45, 7) is 5.52. The average Bonchev–Trinajstić information content (AvgIpc) is 2.88. The number of hydrogen-bond donors (Lipinski definition) is 1. The predicted octanol–water partition coefficient (Wildman–Crippen LogP) is 3.99. The fraction of sp³-hybridized carbons (Fsp3) is 0.444. The normalized spacial score (nSPS) is 23.6. The molecule has 1 N–H and O–H groups in total. The van der Waals surface area contributed by atoms with Gasteiger partial charge >= 0.3 is 0 Å². The molecule has 0 spiro atoms. The first-order valence-electron chi connectivity index (χ1n) is 7.83. The highest BCUT2D eigenvalue weighted by atomic mass is 32.1. The van der Waals surface area contributed by atoms with Crippen LogP contribution in [0.3, 0.4) is 0 Å². The monoisotopic (exact) mass is 315 g/mol. The number of thiophene rings is 1. The van der Waals surface area contributed by atoms with Gasteiger partial charge in [-0.15, -0.1) is 11.3 Å². The maximum atomic E-state index is 10.1. The van der Waals surface area contributed by atoms with Crippen molar-refractivity contribution in [3.05, 3.63) is 44.6 Å². The summed E-state index contributed by atoms with van der Waals surface area (Å²) in [5.74, 6) is 0.895. The summed E-state index contributed by atoms with van der Waals surface area (Å²) in [5, 5.41) is 10.1. The Kier molecular flexibility index (Phi) is 3.20. The number of ether oxygens (including phenoxy) is 1. The van der Waals surface area contributed by atoms with E-state index in [1.54, 1.807) is 18.1 Å². The Morgan fingerprint density at radius 2 is 2.18 bits per heavy atom. The molecule has 2 aliphatic rings. The third-order valence-electron chi connectivity index (χ3n) is 5.12. The van der Waals surface area contributed by atoms with E-state index in [0.717, 1.165) is 24.9 Å². The predicted molar refractivity (Wildman–Crippen MR) is 89.0 cm³/mol. The molecule has 1 aromatic carbocycles. The van der Waals surface area contributed by atoms with Gasteiger partial charge in [0.05, 0.1) is 7.11 Å². The molecule has 3 nitrogen and oxygen atoms in total. The molecule has 2 aromatic rings. The van der Waals surface area contributed by atoms with Crippen LogP contribution in [0.2, 0.25) is 0 Å². The zero-order chi connectivity index (χ0) is 15.4. The van der Waals surface area contributed by atoms with Crippen molar-refractivity contribution in [2.75, 3.05) is 13.7 Å². The molecule has 0 amide bonds. The Bertz CT molecular complexity index is 737. The Morgan fingerprint density at radius 1 is 1.36 bits per heavy atom. The number of nitrogens with zero attached hydrogens (tertiary/aromatic N) is 1. The number of rotatable bonds is 1. The van der Waals surface area contributed by atoms with E-state index in [-0.39, 0.29) is 11.8 Å². The Balaban J connectivity index is 1.84. The summed E-state index contributed by atoms with van der Waals surface area (Å²) in [7, 11) is 1.64. The van der Waals surface area contributed by atoms with Gasteiger partial charge in [0.25, 0.3) is 0 Å². The lowest BCUT2D eigenvalue weighted by molar-refractivity contribution is 0.116. The van der Waals surface area contributed by atoms with Crippen LogP contribution >= 0.6 is 11.3 Å². The van der Waals surface area contributed by atoms with Crippen LogP contribution in [0.15, 0.2) is 18.2 Å². The van der Waals surface area contributed by atoms with Gasteiger partial charge in [0, 0.05) is 33.9 Å². The summed E-state index contributed by atoms with van der Waals surface area (Å²) >= 11 is 1.95. The first kappa shape index (κ1) is 14.1. The average molecular weight is 315 g/mol. The highest BCUT2D eigenvalue weighted by molar-refractivity contribution is 7.12. The number of phenolic OH excluding ortho intramolecular Hbond substituents is 1. The maximum absolute atomic E-state index is 10.1. The largest absolute Gasteiger partial charge is 0.504 e. The zero-order valence-electron chi connectivity index (χ0n) is 13.2. The summed E-state index contributed by atoms with van der Waals surface area (Å²) < 4.78 is 5.49. The van der Waals surface area contributed by atoms with Gasteiger partial charge in [-0.2, -0.15) is 0 Å². The van der Waals surface area contributed by atoms with Gasteiger partial charge in [-0.25, -0.2) is 0 Å². The quantitative estimate of drug-likeness (QED) is 0.864. The molecule has 2 aliphatic heterocycles. The lowest BCUT2D eigenvalue weighted by atomic mass is 9.83. The van der Waals surface area contributed by atoms with Crippen LogP contribution in [-0.2, 0) is 12.8 Å². The molecule has 2 atom stereocenters. The van der Waals surface area contributed by atoms with Crippen LogP contribution in [0.1, 0.15) is 45.5 Å². The molecule has 2 unspecified atom stereocenters. The minimum Gasteiger partial charge on any atom is -0.504 e. The van der Waals surface area contributed by atoms with E-state index in [1.165, 1.54) is 16.0 Å². The van der Waals surface area contributed by atoms with Gasteiger partial charge in [-0.05, 0) is 49.9 Å². The van der Waals surface area contributed by atoms with E-state index in [0.29, 0.717) is 11.8 Å². The van der Waals surface area contributed by atoms with Crippen molar-refractivity contribution in [3.63, 3.8) is 0 Å². The molecule has 1 aromatic heterocycles. The lowest BCUT2D eigenvalue weighted by Gasteiger charge is -2.45. The van der Waals surface area contributed by atoms with E-state index in [1.807, 2.05) is 11.3 Å². The SMILES string of the molecule is COc1c(O)ccc2c1C(C)N1CCc3sc(C)cc3C1C2. The van der Waals surface area contributed by atoms with E-state index >= 15 is 0 Å². The number of aryl methyl sites for hydroxylation is 1. The van der Waals surface area contributed by atoms with Crippen LogP contribution < -0.4 is 4.74 Å². The van der Waals surface area contributed by atoms with Crippen molar-refractivity contribution in [2.45, 2.75) is 38.8 Å². The van der Waals surface area contributed by atoms with Crippen molar-refractivity contribution < 1.29 is 9.84 Å². The minimum atomic E-state index is 0.246. The van der Waals surface area contributed by atoms with Gasteiger partial charge in [-0.3, -0.25) is 4.90 Å².